The Labute approximate surface area is 125 Å². The second-order valence-electron chi connectivity index (χ2n) is 5.52. The van der Waals surface area contributed by atoms with Gasteiger partial charge in [0.1, 0.15) is 6.10 Å². The molecule has 0 N–H and O–H groups in total. The molecule has 0 bridgehead atoms. The highest BCUT2D eigenvalue weighted by molar-refractivity contribution is 5.72. The third-order valence-electron chi connectivity index (χ3n) is 3.32. The first-order chi connectivity index (χ1) is 9.98. The van der Waals surface area contributed by atoms with Crippen LogP contribution < -0.4 is 0 Å². The molecule has 5 heteroatoms. The maximum atomic E-state index is 11.2. The summed E-state index contributed by atoms with van der Waals surface area (Å²) in [5.74, 6) is -0.756. The van der Waals surface area contributed by atoms with Crippen molar-refractivity contribution in [2.75, 3.05) is 20.3 Å². The number of ether oxygens (including phenoxy) is 4. The van der Waals surface area contributed by atoms with Crippen molar-refractivity contribution in [3.63, 3.8) is 0 Å². The molecule has 1 heterocycles. The fourth-order valence-corrected chi connectivity index (χ4v) is 1.98. The molecule has 1 aliphatic rings. The van der Waals surface area contributed by atoms with E-state index in [9.17, 15) is 4.79 Å². The van der Waals surface area contributed by atoms with E-state index in [2.05, 4.69) is 4.74 Å². The number of hydrogen-bond acceptors (Lipinski definition) is 5. The van der Waals surface area contributed by atoms with Crippen molar-refractivity contribution in [2.24, 2.45) is 0 Å². The van der Waals surface area contributed by atoms with Gasteiger partial charge in [-0.1, -0.05) is 24.3 Å². The lowest BCUT2D eigenvalue weighted by Gasteiger charge is -2.34. The Morgan fingerprint density at radius 1 is 1.19 bits per heavy atom. The Bertz CT molecular complexity index is 456. The number of hydrogen-bond donors (Lipinski definition) is 0. The van der Waals surface area contributed by atoms with Gasteiger partial charge in [0, 0.05) is 0 Å². The van der Waals surface area contributed by atoms with Crippen molar-refractivity contribution in [1.82, 2.24) is 0 Å². The Morgan fingerprint density at radius 3 is 2.33 bits per heavy atom. The van der Waals surface area contributed by atoms with Gasteiger partial charge in [-0.05, 0) is 25.0 Å². The van der Waals surface area contributed by atoms with E-state index in [1.165, 1.54) is 7.11 Å². The van der Waals surface area contributed by atoms with Crippen molar-refractivity contribution in [2.45, 2.75) is 38.8 Å². The van der Waals surface area contributed by atoms with Gasteiger partial charge in [-0.2, -0.15) is 0 Å². The van der Waals surface area contributed by atoms with Gasteiger partial charge in [0.25, 0.3) is 0 Å². The van der Waals surface area contributed by atoms with Crippen molar-refractivity contribution in [3.05, 3.63) is 35.4 Å². The minimum Gasteiger partial charge on any atom is -0.469 e. The van der Waals surface area contributed by atoms with Crippen LogP contribution >= 0.6 is 0 Å². The van der Waals surface area contributed by atoms with Crippen molar-refractivity contribution >= 4 is 5.97 Å². The van der Waals surface area contributed by atoms with Crippen LogP contribution in [0.1, 0.15) is 25.0 Å². The number of carbonyl (C=O) groups excluding carboxylic acids is 1. The first-order valence-electron chi connectivity index (χ1n) is 7.02. The molecule has 0 aliphatic carbocycles. The van der Waals surface area contributed by atoms with E-state index in [4.69, 9.17) is 14.2 Å². The summed E-state index contributed by atoms with van der Waals surface area (Å²) in [6, 6.07) is 7.72. The first-order valence-corrected chi connectivity index (χ1v) is 7.02. The van der Waals surface area contributed by atoms with Gasteiger partial charge in [-0.15, -0.1) is 0 Å². The van der Waals surface area contributed by atoms with Crippen molar-refractivity contribution < 1.29 is 23.7 Å². The monoisotopic (exact) mass is 294 g/mol. The highest BCUT2D eigenvalue weighted by atomic mass is 16.7. The fourth-order valence-electron chi connectivity index (χ4n) is 1.98. The summed E-state index contributed by atoms with van der Waals surface area (Å²) in [6.07, 6.45) is 0.240. The third-order valence-corrected chi connectivity index (χ3v) is 3.32. The summed E-state index contributed by atoms with van der Waals surface area (Å²) < 4.78 is 21.5. The second kappa shape index (κ2) is 7.02. The Morgan fingerprint density at radius 2 is 1.76 bits per heavy atom. The summed E-state index contributed by atoms with van der Waals surface area (Å²) in [4.78, 5) is 11.2. The molecule has 21 heavy (non-hydrogen) atoms. The van der Waals surface area contributed by atoms with Gasteiger partial charge in [0.15, 0.2) is 5.79 Å². The number of esters is 1. The van der Waals surface area contributed by atoms with E-state index >= 15 is 0 Å². The molecule has 0 spiro atoms. The zero-order valence-corrected chi connectivity index (χ0v) is 12.8. The summed E-state index contributed by atoms with van der Waals surface area (Å²) in [5.41, 5.74) is 1.98. The normalized spacial score (nSPS) is 18.4. The maximum Gasteiger partial charge on any atom is 0.309 e. The van der Waals surface area contributed by atoms with Crippen LogP contribution in [-0.2, 0) is 36.8 Å². The number of rotatable bonds is 5. The molecule has 1 aliphatic heterocycles. The quantitative estimate of drug-likeness (QED) is 0.778. The Balaban J connectivity index is 1.77. The lowest BCUT2D eigenvalue weighted by molar-refractivity contribution is -0.280. The third kappa shape index (κ3) is 5.12. The minimum atomic E-state index is -0.518. The lowest BCUT2D eigenvalue weighted by atomic mass is 10.1. The van der Waals surface area contributed by atoms with Crippen LogP contribution in [0.15, 0.2) is 24.3 Å². The molecule has 0 unspecified atom stereocenters. The van der Waals surface area contributed by atoms with E-state index in [1.54, 1.807) is 0 Å². The summed E-state index contributed by atoms with van der Waals surface area (Å²) in [5, 5.41) is 0. The van der Waals surface area contributed by atoms with E-state index in [0.29, 0.717) is 19.8 Å². The van der Waals surface area contributed by atoms with Crippen LogP contribution in [0.5, 0.6) is 0 Å². The molecule has 5 nitrogen and oxygen atoms in total. The van der Waals surface area contributed by atoms with Crippen LogP contribution in [0.4, 0.5) is 0 Å². The average molecular weight is 294 g/mol. The van der Waals surface area contributed by atoms with Crippen molar-refractivity contribution in [1.29, 1.82) is 0 Å². The molecule has 0 amide bonds. The fraction of sp³-hybridized carbons (Fsp3) is 0.562. The van der Waals surface area contributed by atoms with E-state index in [-0.39, 0.29) is 18.5 Å². The van der Waals surface area contributed by atoms with E-state index < -0.39 is 5.79 Å². The molecule has 2 rings (SSSR count). The second-order valence-corrected chi connectivity index (χ2v) is 5.52. The maximum absolute atomic E-state index is 11.2. The molecule has 0 aromatic heterocycles. The van der Waals surface area contributed by atoms with Gasteiger partial charge in [0.05, 0.1) is 33.4 Å². The minimum absolute atomic E-state index is 0.0484. The summed E-state index contributed by atoms with van der Waals surface area (Å²) in [6.45, 7) is 5.35. The van der Waals surface area contributed by atoms with E-state index in [1.807, 2.05) is 38.1 Å². The number of benzene rings is 1. The van der Waals surface area contributed by atoms with Crippen LogP contribution in [0.25, 0.3) is 0 Å². The van der Waals surface area contributed by atoms with Gasteiger partial charge in [0.2, 0.25) is 0 Å². The topological polar surface area (TPSA) is 54.0 Å². The zero-order valence-electron chi connectivity index (χ0n) is 12.8. The SMILES string of the molecule is COC(=O)Cc1ccc(COC2COC(C)(C)OC2)cc1. The molecule has 1 saturated heterocycles. The predicted octanol–water partition coefficient (Wildman–Crippen LogP) is 2.07. The first kappa shape index (κ1) is 15.9. The summed E-state index contributed by atoms with van der Waals surface area (Å²) in [7, 11) is 1.39. The van der Waals surface area contributed by atoms with Gasteiger partial charge in [-0.25, -0.2) is 0 Å². The average Bonchev–Trinajstić information content (AvgIpc) is 2.47. The molecule has 0 radical (unpaired) electrons. The number of carbonyl (C=O) groups is 1. The van der Waals surface area contributed by atoms with Crippen molar-refractivity contribution in [3.8, 4) is 0 Å². The standard InChI is InChI=1S/C16H22O5/c1-16(2)20-10-14(11-21-16)19-9-13-6-4-12(5-7-13)8-15(17)18-3/h4-7,14H,8-11H2,1-3H3. The van der Waals surface area contributed by atoms with Gasteiger partial charge in [-0.3, -0.25) is 4.79 Å². The molecular weight excluding hydrogens is 272 g/mol. The molecule has 116 valence electrons. The van der Waals surface area contributed by atoms with Gasteiger partial charge < -0.3 is 18.9 Å². The lowest BCUT2D eigenvalue weighted by Crippen LogP contribution is -2.43. The Kier molecular flexibility index (Phi) is 5.33. The van der Waals surface area contributed by atoms with E-state index in [0.717, 1.165) is 11.1 Å². The highest BCUT2D eigenvalue weighted by Crippen LogP contribution is 2.19. The largest absolute Gasteiger partial charge is 0.469 e. The highest BCUT2D eigenvalue weighted by Gasteiger charge is 2.28. The molecule has 1 aromatic rings. The molecule has 1 aromatic carbocycles. The van der Waals surface area contributed by atoms with Crippen LogP contribution in [-0.4, -0.2) is 38.2 Å². The predicted molar refractivity (Wildman–Crippen MR) is 76.7 cm³/mol. The molecule has 0 saturated carbocycles. The summed E-state index contributed by atoms with van der Waals surface area (Å²) >= 11 is 0. The zero-order chi connectivity index (χ0) is 15.3. The van der Waals surface area contributed by atoms with Gasteiger partial charge >= 0.3 is 5.97 Å². The molecule has 0 atom stereocenters. The number of methoxy groups -OCH3 is 1. The van der Waals surface area contributed by atoms with Crippen LogP contribution in [0.3, 0.4) is 0 Å². The molecular formula is C16H22O5. The Hall–Kier alpha value is -1.43. The van der Waals surface area contributed by atoms with Crippen LogP contribution in [0.2, 0.25) is 0 Å². The van der Waals surface area contributed by atoms with Crippen LogP contribution in [0, 0.1) is 0 Å². The smallest absolute Gasteiger partial charge is 0.309 e. The molecule has 1 fully saturated rings.